The van der Waals surface area contributed by atoms with E-state index in [-0.39, 0.29) is 5.91 Å². The van der Waals surface area contributed by atoms with E-state index in [0.717, 1.165) is 39.3 Å². The molecule has 1 saturated heterocycles. The molecule has 2 aromatic carbocycles. The van der Waals surface area contributed by atoms with Crippen LogP contribution in [0.4, 0.5) is 0 Å². The van der Waals surface area contributed by atoms with E-state index in [0.29, 0.717) is 12.6 Å². The fraction of sp³-hybridized carbons (Fsp3) is 0.385. The van der Waals surface area contributed by atoms with Crippen LogP contribution in [-0.2, 0) is 17.9 Å². The summed E-state index contributed by atoms with van der Waals surface area (Å²) in [6.07, 6.45) is 6.11. The van der Waals surface area contributed by atoms with Gasteiger partial charge < -0.3 is 4.90 Å². The molecule has 5 nitrogen and oxygen atoms in total. The number of hydrogen-bond acceptors (Lipinski definition) is 4. The first kappa shape index (κ1) is 20.2. The first-order valence-corrected chi connectivity index (χ1v) is 11.4. The molecule has 160 valence electrons. The van der Waals surface area contributed by atoms with E-state index in [9.17, 15) is 4.79 Å². The monoisotopic (exact) mass is 414 g/mol. The highest BCUT2D eigenvalue weighted by atomic mass is 16.2. The molecule has 0 spiro atoms. The number of pyridine rings is 1. The fourth-order valence-corrected chi connectivity index (χ4v) is 4.58. The number of aromatic nitrogens is 1. The van der Waals surface area contributed by atoms with E-state index >= 15 is 0 Å². The third-order valence-electron chi connectivity index (χ3n) is 6.51. The smallest absolute Gasteiger partial charge is 0.236 e. The Morgan fingerprint density at radius 1 is 0.968 bits per heavy atom. The summed E-state index contributed by atoms with van der Waals surface area (Å²) in [6.45, 7) is 5.76. The van der Waals surface area contributed by atoms with Crippen LogP contribution in [-0.4, -0.2) is 64.4 Å². The summed E-state index contributed by atoms with van der Waals surface area (Å²) in [7, 11) is 0. The van der Waals surface area contributed by atoms with Crippen LogP contribution < -0.4 is 0 Å². The summed E-state index contributed by atoms with van der Waals surface area (Å²) >= 11 is 0. The minimum Gasteiger partial charge on any atom is -0.339 e. The molecule has 31 heavy (non-hydrogen) atoms. The van der Waals surface area contributed by atoms with Gasteiger partial charge in [0.25, 0.3) is 0 Å². The summed E-state index contributed by atoms with van der Waals surface area (Å²) < 4.78 is 0. The Hall–Kier alpha value is -2.76. The quantitative estimate of drug-likeness (QED) is 0.593. The summed E-state index contributed by atoms with van der Waals surface area (Å²) in [6, 6.07) is 19.7. The number of benzene rings is 2. The molecule has 1 aromatic heterocycles. The van der Waals surface area contributed by atoms with Gasteiger partial charge in [-0.15, -0.1) is 0 Å². The zero-order valence-electron chi connectivity index (χ0n) is 18.0. The van der Waals surface area contributed by atoms with E-state index < -0.39 is 0 Å². The van der Waals surface area contributed by atoms with Gasteiger partial charge in [0.15, 0.2) is 0 Å². The number of hydrogen-bond donors (Lipinski definition) is 0. The zero-order chi connectivity index (χ0) is 21.0. The molecule has 0 atom stereocenters. The van der Waals surface area contributed by atoms with Gasteiger partial charge in [-0.25, -0.2) is 0 Å². The molecule has 5 heteroatoms. The van der Waals surface area contributed by atoms with Crippen molar-refractivity contribution in [1.29, 1.82) is 0 Å². The lowest BCUT2D eigenvalue weighted by molar-refractivity contribution is -0.134. The molecule has 1 saturated carbocycles. The number of rotatable bonds is 7. The molecule has 5 rings (SSSR count). The van der Waals surface area contributed by atoms with Gasteiger partial charge in [0, 0.05) is 57.7 Å². The van der Waals surface area contributed by atoms with Crippen molar-refractivity contribution in [2.45, 2.75) is 32.0 Å². The molecule has 1 aliphatic carbocycles. The minimum atomic E-state index is 0.264. The molecule has 2 fully saturated rings. The van der Waals surface area contributed by atoms with Gasteiger partial charge in [0.2, 0.25) is 5.91 Å². The highest BCUT2D eigenvalue weighted by molar-refractivity contribution is 5.85. The van der Waals surface area contributed by atoms with Crippen molar-refractivity contribution in [2.24, 2.45) is 0 Å². The van der Waals surface area contributed by atoms with Crippen LogP contribution in [0.2, 0.25) is 0 Å². The number of amides is 1. The maximum absolute atomic E-state index is 13.0. The summed E-state index contributed by atoms with van der Waals surface area (Å²) in [5, 5.41) is 2.63. The fourth-order valence-electron chi connectivity index (χ4n) is 4.58. The molecule has 1 amide bonds. The van der Waals surface area contributed by atoms with Crippen molar-refractivity contribution in [3.8, 4) is 0 Å². The van der Waals surface area contributed by atoms with Crippen LogP contribution in [0.25, 0.3) is 10.8 Å². The van der Waals surface area contributed by atoms with E-state index in [1.165, 1.54) is 34.7 Å². The Bertz CT molecular complexity index is 1020. The molecule has 0 unspecified atom stereocenters. The maximum atomic E-state index is 13.0. The zero-order valence-corrected chi connectivity index (χ0v) is 18.0. The number of nitrogens with zero attached hydrogens (tertiary/aromatic N) is 4. The van der Waals surface area contributed by atoms with Gasteiger partial charge in [-0.2, -0.15) is 0 Å². The Labute approximate surface area is 184 Å². The Morgan fingerprint density at radius 2 is 1.77 bits per heavy atom. The lowest BCUT2D eigenvalue weighted by Gasteiger charge is -2.36. The second-order valence-electron chi connectivity index (χ2n) is 8.79. The molecule has 0 radical (unpaired) electrons. The van der Waals surface area contributed by atoms with Crippen molar-refractivity contribution in [3.63, 3.8) is 0 Å². The van der Waals surface area contributed by atoms with Gasteiger partial charge in [0.1, 0.15) is 0 Å². The molecule has 0 bridgehead atoms. The first-order chi connectivity index (χ1) is 15.3. The average molecular weight is 415 g/mol. The Balaban J connectivity index is 1.16. The molecule has 3 aromatic rings. The van der Waals surface area contributed by atoms with E-state index in [1.54, 1.807) is 6.20 Å². The van der Waals surface area contributed by atoms with Crippen LogP contribution in [0.15, 0.2) is 67.0 Å². The van der Waals surface area contributed by atoms with Crippen LogP contribution >= 0.6 is 0 Å². The second-order valence-corrected chi connectivity index (χ2v) is 8.79. The number of piperazine rings is 1. The molecular weight excluding hydrogens is 384 g/mol. The van der Waals surface area contributed by atoms with Crippen LogP contribution in [0.3, 0.4) is 0 Å². The maximum Gasteiger partial charge on any atom is 0.236 e. The summed E-state index contributed by atoms with van der Waals surface area (Å²) in [5.41, 5.74) is 2.55. The molecule has 2 aliphatic rings. The highest BCUT2D eigenvalue weighted by Gasteiger charge is 2.32. The third kappa shape index (κ3) is 4.94. The van der Waals surface area contributed by atoms with E-state index in [4.69, 9.17) is 0 Å². The van der Waals surface area contributed by atoms with Crippen molar-refractivity contribution in [3.05, 3.63) is 78.1 Å². The normalized spacial score (nSPS) is 17.4. The highest BCUT2D eigenvalue weighted by Crippen LogP contribution is 2.28. The second kappa shape index (κ2) is 9.16. The van der Waals surface area contributed by atoms with Gasteiger partial charge in [0.05, 0.1) is 6.54 Å². The predicted molar refractivity (Wildman–Crippen MR) is 123 cm³/mol. The molecule has 2 heterocycles. The predicted octanol–water partition coefficient (Wildman–Crippen LogP) is 3.54. The lowest BCUT2D eigenvalue weighted by atomic mass is 10.0. The van der Waals surface area contributed by atoms with Crippen LogP contribution in [0.1, 0.15) is 24.0 Å². The summed E-state index contributed by atoms with van der Waals surface area (Å²) in [4.78, 5) is 24.1. The third-order valence-corrected chi connectivity index (χ3v) is 6.51. The van der Waals surface area contributed by atoms with Gasteiger partial charge in [-0.05, 0) is 40.8 Å². The number of fused-ring (bicyclic) bond motifs is 1. The van der Waals surface area contributed by atoms with E-state index in [2.05, 4.69) is 68.2 Å². The van der Waals surface area contributed by atoms with E-state index in [1.807, 2.05) is 12.3 Å². The summed E-state index contributed by atoms with van der Waals surface area (Å²) in [5.74, 6) is 0.264. The number of carbonyl (C=O) groups excluding carboxylic acids is 1. The minimum absolute atomic E-state index is 0.264. The Kier molecular flexibility index (Phi) is 5.96. The standard InChI is InChI=1S/C26H30N4O/c31-26(20-30(24-10-11-24)18-21-5-4-12-27-17-21)29-15-13-28(14-16-29)19-23-8-3-7-22-6-1-2-9-25(22)23/h1-9,12,17,24H,10-11,13-16,18-20H2. The SMILES string of the molecule is O=C(CN(Cc1cccnc1)C1CC1)N1CCN(Cc2cccc3ccccc23)CC1. The average Bonchev–Trinajstić information content (AvgIpc) is 3.66. The van der Waals surface area contributed by atoms with Gasteiger partial charge >= 0.3 is 0 Å². The van der Waals surface area contributed by atoms with Crippen molar-refractivity contribution >= 4 is 16.7 Å². The molecular formula is C26H30N4O. The van der Waals surface area contributed by atoms with Crippen molar-refractivity contribution in [2.75, 3.05) is 32.7 Å². The topological polar surface area (TPSA) is 39.7 Å². The van der Waals surface area contributed by atoms with Crippen molar-refractivity contribution < 1.29 is 4.79 Å². The molecule has 0 N–H and O–H groups in total. The van der Waals surface area contributed by atoms with Crippen LogP contribution in [0, 0.1) is 0 Å². The number of carbonyl (C=O) groups is 1. The Morgan fingerprint density at radius 3 is 2.55 bits per heavy atom. The van der Waals surface area contributed by atoms with Crippen molar-refractivity contribution in [1.82, 2.24) is 19.7 Å². The van der Waals surface area contributed by atoms with Gasteiger partial charge in [-0.3, -0.25) is 19.6 Å². The molecule has 1 aliphatic heterocycles. The first-order valence-electron chi connectivity index (χ1n) is 11.4. The van der Waals surface area contributed by atoms with Gasteiger partial charge in [-0.1, -0.05) is 48.5 Å². The lowest BCUT2D eigenvalue weighted by Crippen LogP contribution is -2.51. The largest absolute Gasteiger partial charge is 0.339 e. The van der Waals surface area contributed by atoms with Crippen LogP contribution in [0.5, 0.6) is 0 Å².